The summed E-state index contributed by atoms with van der Waals surface area (Å²) in [6.07, 6.45) is 4.12. The lowest BCUT2D eigenvalue weighted by Gasteiger charge is -2.01. The molecule has 6 nitrogen and oxygen atoms in total. The molecule has 0 saturated carbocycles. The van der Waals surface area contributed by atoms with E-state index in [1.807, 2.05) is 0 Å². The van der Waals surface area contributed by atoms with Gasteiger partial charge >= 0.3 is 5.97 Å². The second-order valence-electron chi connectivity index (χ2n) is 2.55. The minimum Gasteiger partial charge on any atom is -0.478 e. The van der Waals surface area contributed by atoms with E-state index in [9.17, 15) is 4.79 Å². The van der Waals surface area contributed by atoms with E-state index in [0.29, 0.717) is 5.69 Å². The van der Waals surface area contributed by atoms with Gasteiger partial charge in [-0.2, -0.15) is 0 Å². The predicted octanol–water partition coefficient (Wildman–Crippen LogP) is 0.254. The van der Waals surface area contributed by atoms with Crippen LogP contribution >= 0.6 is 0 Å². The van der Waals surface area contributed by atoms with Gasteiger partial charge < -0.3 is 15.2 Å². The fourth-order valence-electron chi connectivity index (χ4n) is 0.846. The molecule has 6 heteroatoms. The van der Waals surface area contributed by atoms with Crippen molar-refractivity contribution in [1.29, 1.82) is 0 Å². The summed E-state index contributed by atoms with van der Waals surface area (Å²) < 4.78 is 9.29. The average molecular weight is 209 g/mol. The first kappa shape index (κ1) is 11.0. The smallest absolute Gasteiger partial charge is 0.330 e. The van der Waals surface area contributed by atoms with Gasteiger partial charge in [0.25, 0.3) is 5.88 Å². The number of hydrogen-bond acceptors (Lipinski definition) is 6. The van der Waals surface area contributed by atoms with Gasteiger partial charge in [-0.15, -0.1) is 0 Å². The van der Waals surface area contributed by atoms with Crippen molar-refractivity contribution in [3.63, 3.8) is 0 Å². The van der Waals surface area contributed by atoms with Gasteiger partial charge in [0.15, 0.2) is 5.82 Å². The average Bonchev–Trinajstić information content (AvgIpc) is 2.27. The van der Waals surface area contributed by atoms with Crippen molar-refractivity contribution < 1.29 is 14.3 Å². The molecule has 0 atom stereocenters. The van der Waals surface area contributed by atoms with Crippen molar-refractivity contribution in [2.75, 3.05) is 20.0 Å². The number of esters is 1. The van der Waals surface area contributed by atoms with E-state index >= 15 is 0 Å². The highest BCUT2D eigenvalue weighted by Crippen LogP contribution is 2.14. The second kappa shape index (κ2) is 4.94. The molecular formula is C9H11N3O3. The summed E-state index contributed by atoms with van der Waals surface area (Å²) in [5, 5.41) is 0. The highest BCUT2D eigenvalue weighted by Gasteiger charge is 2.02. The van der Waals surface area contributed by atoms with Crippen molar-refractivity contribution in [3.8, 4) is 5.88 Å². The summed E-state index contributed by atoms with van der Waals surface area (Å²) in [5.41, 5.74) is 5.93. The Kier molecular flexibility index (Phi) is 3.61. The Morgan fingerprint density at radius 3 is 2.87 bits per heavy atom. The van der Waals surface area contributed by atoms with Crippen molar-refractivity contribution in [1.82, 2.24) is 9.97 Å². The third-order valence-electron chi connectivity index (χ3n) is 1.57. The molecule has 0 aliphatic rings. The molecule has 80 valence electrons. The van der Waals surface area contributed by atoms with Crippen LogP contribution in [-0.2, 0) is 9.53 Å². The van der Waals surface area contributed by atoms with Gasteiger partial charge in [-0.05, 0) is 6.08 Å². The number of methoxy groups -OCH3 is 2. The van der Waals surface area contributed by atoms with Gasteiger partial charge in [-0.25, -0.2) is 14.8 Å². The summed E-state index contributed by atoms with van der Waals surface area (Å²) in [5.74, 6) is -0.0395. The Morgan fingerprint density at radius 1 is 1.53 bits per heavy atom. The zero-order valence-corrected chi connectivity index (χ0v) is 8.43. The Bertz CT molecular complexity index is 390. The van der Waals surface area contributed by atoms with Crippen molar-refractivity contribution in [3.05, 3.63) is 18.0 Å². The van der Waals surface area contributed by atoms with Crippen LogP contribution in [0.3, 0.4) is 0 Å². The van der Waals surface area contributed by atoms with Crippen LogP contribution in [0.25, 0.3) is 6.08 Å². The molecule has 1 aromatic heterocycles. The molecular weight excluding hydrogens is 198 g/mol. The van der Waals surface area contributed by atoms with Gasteiger partial charge in [-0.3, -0.25) is 0 Å². The van der Waals surface area contributed by atoms with E-state index < -0.39 is 5.97 Å². The number of nitrogen functional groups attached to an aromatic ring is 1. The Labute approximate surface area is 86.7 Å². The van der Waals surface area contributed by atoms with Crippen LogP contribution in [0.1, 0.15) is 5.69 Å². The molecule has 1 aromatic rings. The lowest BCUT2D eigenvalue weighted by Crippen LogP contribution is -2.00. The van der Waals surface area contributed by atoms with Crippen molar-refractivity contribution in [2.45, 2.75) is 0 Å². The molecule has 1 heterocycles. The zero-order valence-electron chi connectivity index (χ0n) is 8.43. The first-order valence-corrected chi connectivity index (χ1v) is 4.10. The molecule has 0 aliphatic carbocycles. The molecule has 0 aliphatic heterocycles. The van der Waals surface area contributed by atoms with Crippen LogP contribution in [-0.4, -0.2) is 30.2 Å². The molecule has 0 unspecified atom stereocenters. The fourth-order valence-corrected chi connectivity index (χ4v) is 0.846. The first-order valence-electron chi connectivity index (χ1n) is 4.10. The van der Waals surface area contributed by atoms with Crippen LogP contribution in [0.2, 0.25) is 0 Å². The molecule has 0 spiro atoms. The van der Waals surface area contributed by atoms with Gasteiger partial charge in [0.05, 0.1) is 26.1 Å². The van der Waals surface area contributed by atoms with Crippen molar-refractivity contribution in [2.24, 2.45) is 0 Å². The van der Waals surface area contributed by atoms with E-state index in [0.717, 1.165) is 0 Å². The Balaban J connectivity index is 2.87. The van der Waals surface area contributed by atoms with Crippen LogP contribution in [0, 0.1) is 0 Å². The van der Waals surface area contributed by atoms with Crippen LogP contribution in [0.15, 0.2) is 12.3 Å². The van der Waals surface area contributed by atoms with E-state index in [4.69, 9.17) is 10.5 Å². The Hall–Kier alpha value is -2.11. The maximum absolute atomic E-state index is 10.8. The second-order valence-corrected chi connectivity index (χ2v) is 2.55. The van der Waals surface area contributed by atoms with Gasteiger partial charge in [0.2, 0.25) is 0 Å². The first-order chi connectivity index (χ1) is 7.17. The summed E-state index contributed by atoms with van der Waals surface area (Å²) in [4.78, 5) is 18.6. The van der Waals surface area contributed by atoms with Gasteiger partial charge in [0.1, 0.15) is 0 Å². The number of hydrogen-bond donors (Lipinski definition) is 1. The molecule has 2 N–H and O–H groups in total. The SMILES string of the molecule is COC(=O)C=Cc1cnc(N)c(OC)n1. The monoisotopic (exact) mass is 209 g/mol. The lowest BCUT2D eigenvalue weighted by atomic mass is 10.4. The molecule has 0 fully saturated rings. The molecule has 15 heavy (non-hydrogen) atoms. The molecule has 0 amide bonds. The number of nitrogens with zero attached hydrogens (tertiary/aromatic N) is 2. The number of aromatic nitrogens is 2. The highest BCUT2D eigenvalue weighted by atomic mass is 16.5. The minimum absolute atomic E-state index is 0.202. The van der Waals surface area contributed by atoms with Crippen LogP contribution in [0.4, 0.5) is 5.82 Å². The van der Waals surface area contributed by atoms with Gasteiger partial charge in [0, 0.05) is 6.08 Å². The number of anilines is 1. The summed E-state index contributed by atoms with van der Waals surface area (Å²) >= 11 is 0. The quantitative estimate of drug-likeness (QED) is 0.567. The van der Waals surface area contributed by atoms with Crippen molar-refractivity contribution >= 4 is 17.9 Å². The number of carbonyl (C=O) groups excluding carboxylic acids is 1. The topological polar surface area (TPSA) is 87.3 Å². The number of nitrogens with two attached hydrogens (primary N) is 1. The fraction of sp³-hybridized carbons (Fsp3) is 0.222. The summed E-state index contributed by atoms with van der Waals surface area (Å²) in [6.45, 7) is 0. The zero-order chi connectivity index (χ0) is 11.3. The number of ether oxygens (including phenoxy) is 2. The van der Waals surface area contributed by atoms with E-state index in [2.05, 4.69) is 14.7 Å². The van der Waals surface area contributed by atoms with E-state index in [1.54, 1.807) is 0 Å². The van der Waals surface area contributed by atoms with Gasteiger partial charge in [-0.1, -0.05) is 0 Å². The highest BCUT2D eigenvalue weighted by molar-refractivity contribution is 5.86. The maximum atomic E-state index is 10.8. The third kappa shape index (κ3) is 2.94. The Morgan fingerprint density at radius 2 is 2.27 bits per heavy atom. The standard InChI is InChI=1S/C9H11N3O3/c1-14-7(13)4-3-6-5-11-8(10)9(12-6)15-2/h3-5H,1-2H3,(H2,10,11). The number of carbonyl (C=O) groups is 1. The molecule has 1 rings (SSSR count). The molecule has 0 radical (unpaired) electrons. The van der Waals surface area contributed by atoms with E-state index in [1.165, 1.54) is 32.6 Å². The summed E-state index contributed by atoms with van der Waals surface area (Å²) in [6, 6.07) is 0. The minimum atomic E-state index is -0.465. The predicted molar refractivity (Wildman–Crippen MR) is 54.0 cm³/mol. The lowest BCUT2D eigenvalue weighted by molar-refractivity contribution is -0.134. The maximum Gasteiger partial charge on any atom is 0.330 e. The van der Waals surface area contributed by atoms with Crippen LogP contribution < -0.4 is 10.5 Å². The summed E-state index contributed by atoms with van der Waals surface area (Å²) in [7, 11) is 2.73. The third-order valence-corrected chi connectivity index (χ3v) is 1.57. The van der Waals surface area contributed by atoms with Crippen LogP contribution in [0.5, 0.6) is 5.88 Å². The van der Waals surface area contributed by atoms with E-state index in [-0.39, 0.29) is 11.7 Å². The normalized spacial score (nSPS) is 10.3. The number of rotatable bonds is 3. The molecule has 0 aromatic carbocycles. The molecule has 0 saturated heterocycles. The molecule has 0 bridgehead atoms. The largest absolute Gasteiger partial charge is 0.478 e.